The van der Waals surface area contributed by atoms with Crippen molar-refractivity contribution in [3.8, 4) is 0 Å². The summed E-state index contributed by atoms with van der Waals surface area (Å²) in [6.07, 6.45) is -4.43. The van der Waals surface area contributed by atoms with Crippen molar-refractivity contribution in [1.29, 1.82) is 0 Å². The number of rotatable bonds is 5. The molecule has 2 nitrogen and oxygen atoms in total. The number of aryl methyl sites for hydroxylation is 1. The predicted octanol–water partition coefficient (Wildman–Crippen LogP) is 8.40. The molecule has 7 heteroatoms. The Morgan fingerprint density at radius 2 is 1.47 bits per heavy atom. The van der Waals surface area contributed by atoms with E-state index >= 15 is 0 Å². The lowest BCUT2D eigenvalue weighted by Crippen LogP contribution is -2.26. The average molecular weight is 526 g/mol. The van der Waals surface area contributed by atoms with Crippen LogP contribution in [0, 0.1) is 12.8 Å². The van der Waals surface area contributed by atoms with Gasteiger partial charge in [-0.05, 0) is 53.8 Å². The molecule has 3 aromatic carbocycles. The molecule has 36 heavy (non-hydrogen) atoms. The predicted molar refractivity (Wildman–Crippen MR) is 138 cm³/mol. The van der Waals surface area contributed by atoms with Gasteiger partial charge in [-0.15, -0.1) is 11.3 Å². The first-order valence-corrected chi connectivity index (χ1v) is 12.8. The second-order valence-electron chi connectivity index (χ2n) is 9.09. The van der Waals surface area contributed by atoms with Crippen molar-refractivity contribution in [1.82, 2.24) is 5.32 Å². The third-order valence-corrected chi connectivity index (χ3v) is 8.03. The normalized spacial score (nSPS) is 22.0. The zero-order chi connectivity index (χ0) is 25.4. The van der Waals surface area contributed by atoms with Crippen LogP contribution in [0.3, 0.4) is 0 Å². The molecule has 0 amide bonds. The fourth-order valence-corrected chi connectivity index (χ4v) is 6.06. The van der Waals surface area contributed by atoms with Crippen molar-refractivity contribution in [2.24, 2.45) is 5.92 Å². The fraction of sp³-hybridized carbons (Fsp3) is 0.207. The Morgan fingerprint density at radius 3 is 2.06 bits per heavy atom. The number of hydrogen-bond donors (Lipinski definition) is 1. The Labute approximate surface area is 216 Å². The van der Waals surface area contributed by atoms with Gasteiger partial charge in [0.2, 0.25) is 0 Å². The van der Waals surface area contributed by atoms with Crippen LogP contribution in [0.25, 0.3) is 0 Å². The highest BCUT2D eigenvalue weighted by Gasteiger charge is 2.49. The van der Waals surface area contributed by atoms with Crippen molar-refractivity contribution < 1.29 is 18.0 Å². The SMILES string of the molecule is Cc1ccc(C(=O)[C@H]2[C@@H](c3cccs3)[C@H](c3ccc(Cl)cc3)N[C@@H]2c2ccc(C(F)(F)F)cc2)cc1. The molecular weight excluding hydrogens is 503 g/mol. The lowest BCUT2D eigenvalue weighted by Gasteiger charge is -2.24. The van der Waals surface area contributed by atoms with Crippen LogP contribution in [-0.2, 0) is 6.18 Å². The topological polar surface area (TPSA) is 29.1 Å². The molecule has 1 N–H and O–H groups in total. The number of carbonyl (C=O) groups excluding carboxylic acids is 1. The summed E-state index contributed by atoms with van der Waals surface area (Å²) < 4.78 is 39.7. The molecule has 0 aliphatic carbocycles. The van der Waals surface area contributed by atoms with E-state index in [1.165, 1.54) is 12.1 Å². The molecule has 5 rings (SSSR count). The van der Waals surface area contributed by atoms with E-state index < -0.39 is 23.7 Å². The highest BCUT2D eigenvalue weighted by atomic mass is 35.5. The highest BCUT2D eigenvalue weighted by Crippen LogP contribution is 2.52. The van der Waals surface area contributed by atoms with Gasteiger partial charge in [0.25, 0.3) is 0 Å². The molecule has 1 aliphatic heterocycles. The summed E-state index contributed by atoms with van der Waals surface area (Å²) in [5.41, 5.74) is 2.53. The van der Waals surface area contributed by atoms with Gasteiger partial charge in [-0.2, -0.15) is 13.2 Å². The van der Waals surface area contributed by atoms with E-state index in [0.717, 1.165) is 28.1 Å². The lowest BCUT2D eigenvalue weighted by molar-refractivity contribution is -0.137. The summed E-state index contributed by atoms with van der Waals surface area (Å²) >= 11 is 7.71. The molecule has 184 valence electrons. The third-order valence-electron chi connectivity index (χ3n) is 6.80. The maximum atomic E-state index is 14.1. The van der Waals surface area contributed by atoms with Gasteiger partial charge in [-0.25, -0.2) is 0 Å². The first-order chi connectivity index (χ1) is 17.2. The quantitative estimate of drug-likeness (QED) is 0.265. The highest BCUT2D eigenvalue weighted by molar-refractivity contribution is 7.10. The van der Waals surface area contributed by atoms with Crippen molar-refractivity contribution in [3.63, 3.8) is 0 Å². The number of ketones is 1. The van der Waals surface area contributed by atoms with Crippen LogP contribution in [-0.4, -0.2) is 5.78 Å². The number of alkyl halides is 3. The number of benzene rings is 3. The van der Waals surface area contributed by atoms with Crippen molar-refractivity contribution in [3.05, 3.63) is 128 Å². The molecule has 0 radical (unpaired) electrons. The number of halogens is 4. The summed E-state index contributed by atoms with van der Waals surface area (Å²) in [5.74, 6) is -0.779. The number of nitrogens with one attached hydrogen (secondary N) is 1. The van der Waals surface area contributed by atoms with Gasteiger partial charge in [0.05, 0.1) is 11.5 Å². The minimum absolute atomic E-state index is 0.0396. The fourth-order valence-electron chi connectivity index (χ4n) is 5.02. The second-order valence-corrected chi connectivity index (χ2v) is 10.5. The number of Topliss-reactive ketones (excluding diaryl/α,β-unsaturated/α-hetero) is 1. The second kappa shape index (κ2) is 9.85. The van der Waals surface area contributed by atoms with E-state index in [-0.39, 0.29) is 17.7 Å². The van der Waals surface area contributed by atoms with Gasteiger partial charge < -0.3 is 5.32 Å². The summed E-state index contributed by atoms with van der Waals surface area (Å²) in [6.45, 7) is 1.96. The van der Waals surface area contributed by atoms with E-state index in [4.69, 9.17) is 11.6 Å². The first kappa shape index (κ1) is 24.8. The van der Waals surface area contributed by atoms with Gasteiger partial charge >= 0.3 is 6.18 Å². The zero-order valence-corrected chi connectivity index (χ0v) is 20.9. The zero-order valence-electron chi connectivity index (χ0n) is 19.3. The number of hydrogen-bond acceptors (Lipinski definition) is 3. The molecule has 2 heterocycles. The van der Waals surface area contributed by atoms with Gasteiger partial charge in [0, 0.05) is 33.5 Å². The molecule has 1 aromatic heterocycles. The number of thiophene rings is 1. The van der Waals surface area contributed by atoms with Crippen LogP contribution in [0.15, 0.2) is 90.3 Å². The minimum Gasteiger partial charge on any atom is -0.302 e. The monoisotopic (exact) mass is 525 g/mol. The summed E-state index contributed by atoms with van der Waals surface area (Å²) in [5, 5.41) is 6.20. The molecule has 1 fully saturated rings. The smallest absolute Gasteiger partial charge is 0.302 e. The molecular formula is C29H23ClF3NOS. The lowest BCUT2D eigenvalue weighted by atomic mass is 9.77. The molecule has 0 bridgehead atoms. The minimum atomic E-state index is -4.43. The van der Waals surface area contributed by atoms with Crippen molar-refractivity contribution in [2.75, 3.05) is 0 Å². The van der Waals surface area contributed by atoms with Crippen LogP contribution >= 0.6 is 22.9 Å². The summed E-state index contributed by atoms with van der Waals surface area (Å²) in [4.78, 5) is 15.1. The molecule has 0 unspecified atom stereocenters. The van der Waals surface area contributed by atoms with Gasteiger partial charge in [-0.3, -0.25) is 4.79 Å². The first-order valence-electron chi connectivity index (χ1n) is 11.6. The molecule has 1 saturated heterocycles. The van der Waals surface area contributed by atoms with E-state index in [1.807, 2.05) is 73.0 Å². The summed E-state index contributed by atoms with van der Waals surface area (Å²) in [6, 6.07) is 23.3. The van der Waals surface area contributed by atoms with E-state index in [9.17, 15) is 18.0 Å². The summed E-state index contributed by atoms with van der Waals surface area (Å²) in [7, 11) is 0. The Kier molecular flexibility index (Phi) is 6.77. The van der Waals surface area contributed by atoms with Gasteiger partial charge in [0.15, 0.2) is 5.78 Å². The largest absolute Gasteiger partial charge is 0.416 e. The Balaban J connectivity index is 1.63. The van der Waals surface area contributed by atoms with E-state index in [0.29, 0.717) is 16.1 Å². The number of carbonyl (C=O) groups is 1. The van der Waals surface area contributed by atoms with Gasteiger partial charge in [0.1, 0.15) is 0 Å². The van der Waals surface area contributed by atoms with Crippen LogP contribution in [0.4, 0.5) is 13.2 Å². The van der Waals surface area contributed by atoms with Crippen LogP contribution in [0.5, 0.6) is 0 Å². The van der Waals surface area contributed by atoms with Crippen molar-refractivity contribution >= 4 is 28.7 Å². The Bertz CT molecular complexity index is 1330. The van der Waals surface area contributed by atoms with Crippen LogP contribution < -0.4 is 5.32 Å². The van der Waals surface area contributed by atoms with Crippen LogP contribution in [0.2, 0.25) is 5.02 Å². The molecule has 4 aromatic rings. The third kappa shape index (κ3) is 4.85. The van der Waals surface area contributed by atoms with Gasteiger partial charge in [-0.1, -0.05) is 71.8 Å². The maximum absolute atomic E-state index is 14.1. The standard InChI is InChI=1S/C29H23ClF3NOS/c1-17-4-6-20(7-5-17)28(35)25-24(23-3-2-16-36-23)26(19-10-14-22(30)15-11-19)34-27(25)18-8-12-21(13-9-18)29(31,32)33/h2-16,24-27,34H,1H3/t24-,25+,26+,27-/m1/s1. The molecule has 4 atom stereocenters. The molecule has 0 saturated carbocycles. The van der Waals surface area contributed by atoms with Crippen LogP contribution in [0.1, 0.15) is 55.5 Å². The Morgan fingerprint density at radius 1 is 0.861 bits per heavy atom. The van der Waals surface area contributed by atoms with Crippen molar-refractivity contribution in [2.45, 2.75) is 31.1 Å². The van der Waals surface area contributed by atoms with E-state index in [1.54, 1.807) is 11.3 Å². The Hall–Kier alpha value is -2.93. The van der Waals surface area contributed by atoms with E-state index in [2.05, 4.69) is 5.32 Å². The average Bonchev–Trinajstić information content (AvgIpc) is 3.52. The molecule has 0 spiro atoms. The maximum Gasteiger partial charge on any atom is 0.416 e. The molecule has 1 aliphatic rings.